The summed E-state index contributed by atoms with van der Waals surface area (Å²) >= 11 is 1.26. The Morgan fingerprint density at radius 2 is 2.17 bits per heavy atom. The molecule has 0 aliphatic rings. The quantitative estimate of drug-likeness (QED) is 0.561. The van der Waals surface area contributed by atoms with Crippen molar-refractivity contribution >= 4 is 28.9 Å². The molecule has 0 radical (unpaired) electrons. The number of allylic oxidation sites excluding steroid dienone is 1. The second-order valence-corrected chi connectivity index (χ2v) is 5.74. The van der Waals surface area contributed by atoms with Crippen LogP contribution in [0.25, 0.3) is 17.1 Å². The van der Waals surface area contributed by atoms with E-state index in [1.165, 1.54) is 24.9 Å². The summed E-state index contributed by atoms with van der Waals surface area (Å²) in [7, 11) is 1.48. The maximum absolute atomic E-state index is 9.61. The van der Waals surface area contributed by atoms with Crippen LogP contribution >= 0.6 is 11.8 Å². The molecule has 6 heteroatoms. The van der Waals surface area contributed by atoms with Crippen LogP contribution in [-0.2, 0) is 0 Å². The molecule has 0 aliphatic carbocycles. The predicted octanol–water partition coefficient (Wildman–Crippen LogP) is 3.93. The lowest BCUT2D eigenvalue weighted by molar-refractivity contribution is 0.373. The number of imidazole rings is 1. The summed E-state index contributed by atoms with van der Waals surface area (Å²) in [5.74, 6) is 0.429. The number of aromatic amines is 1. The number of aromatic hydroxyl groups is 1. The van der Waals surface area contributed by atoms with E-state index in [1.54, 1.807) is 18.2 Å². The molecule has 0 spiro atoms. The first-order valence-corrected chi connectivity index (χ1v) is 7.62. The van der Waals surface area contributed by atoms with Crippen LogP contribution in [0.2, 0.25) is 0 Å². The highest BCUT2D eigenvalue weighted by Gasteiger charge is 2.07. The van der Waals surface area contributed by atoms with Crippen LogP contribution in [0.1, 0.15) is 5.56 Å². The Balaban J connectivity index is 1.88. The third kappa shape index (κ3) is 3.30. The highest BCUT2D eigenvalue weighted by atomic mass is 32.2. The van der Waals surface area contributed by atoms with E-state index in [0.29, 0.717) is 15.8 Å². The summed E-state index contributed by atoms with van der Waals surface area (Å²) in [6.07, 6.45) is 1.72. The molecule has 0 aliphatic heterocycles. The van der Waals surface area contributed by atoms with E-state index in [0.717, 1.165) is 16.6 Å². The first kappa shape index (κ1) is 15.0. The number of nitrogens with zero attached hydrogens (tertiary/aromatic N) is 2. The van der Waals surface area contributed by atoms with E-state index in [9.17, 15) is 10.4 Å². The molecule has 0 atom stereocenters. The summed E-state index contributed by atoms with van der Waals surface area (Å²) < 4.78 is 5.07. The summed E-state index contributed by atoms with van der Waals surface area (Å²) in [6.45, 7) is 0. The number of aromatic nitrogens is 2. The summed E-state index contributed by atoms with van der Waals surface area (Å²) in [5, 5.41) is 19.6. The smallest absolute Gasteiger partial charge is 0.171 e. The van der Waals surface area contributed by atoms with Gasteiger partial charge in [-0.3, -0.25) is 0 Å². The van der Waals surface area contributed by atoms with Crippen LogP contribution in [0.4, 0.5) is 0 Å². The average molecular weight is 323 g/mol. The molecule has 0 bridgehead atoms. The van der Waals surface area contributed by atoms with Crippen LogP contribution < -0.4 is 4.74 Å². The van der Waals surface area contributed by atoms with Crippen molar-refractivity contribution in [3.8, 4) is 17.6 Å². The predicted molar refractivity (Wildman–Crippen MR) is 90.2 cm³/mol. The number of phenols is 1. The van der Waals surface area contributed by atoms with Gasteiger partial charge in [-0.25, -0.2) is 4.98 Å². The third-order valence-electron chi connectivity index (χ3n) is 3.19. The molecule has 23 heavy (non-hydrogen) atoms. The van der Waals surface area contributed by atoms with E-state index >= 15 is 0 Å². The monoisotopic (exact) mass is 323 g/mol. The van der Waals surface area contributed by atoms with Gasteiger partial charge < -0.3 is 14.8 Å². The summed E-state index contributed by atoms with van der Waals surface area (Å²) in [5.41, 5.74) is 2.55. The average Bonchev–Trinajstić information content (AvgIpc) is 2.98. The lowest BCUT2D eigenvalue weighted by Gasteiger charge is -2.04. The Hall–Kier alpha value is -2.91. The van der Waals surface area contributed by atoms with E-state index in [-0.39, 0.29) is 5.75 Å². The maximum atomic E-state index is 9.61. The van der Waals surface area contributed by atoms with Crippen molar-refractivity contribution in [3.63, 3.8) is 0 Å². The molecule has 0 saturated carbocycles. The third-order valence-corrected chi connectivity index (χ3v) is 4.00. The molecule has 3 rings (SSSR count). The lowest BCUT2D eigenvalue weighted by Crippen LogP contribution is -1.85. The minimum Gasteiger partial charge on any atom is -0.504 e. The molecule has 0 unspecified atom stereocenters. The number of nitrogens with one attached hydrogen (secondary N) is 1. The number of hydrogen-bond donors (Lipinski definition) is 2. The Morgan fingerprint density at radius 3 is 2.91 bits per heavy atom. The Labute approximate surface area is 137 Å². The zero-order chi connectivity index (χ0) is 16.2. The van der Waals surface area contributed by atoms with Crippen molar-refractivity contribution in [1.29, 1.82) is 5.26 Å². The van der Waals surface area contributed by atoms with Gasteiger partial charge in [0.1, 0.15) is 6.07 Å². The number of rotatable bonds is 4. The van der Waals surface area contributed by atoms with Crippen molar-refractivity contribution < 1.29 is 9.84 Å². The standard InChI is InChI=1S/C17H13N3O2S/c1-22-16-9-11(6-7-15(16)21)8-12(10-18)23-17-19-13-4-2-3-5-14(13)20-17/h2-9,21H,1H3,(H,19,20)/b12-8+. The maximum Gasteiger partial charge on any atom is 0.171 e. The second kappa shape index (κ2) is 6.46. The Bertz CT molecular complexity index is 892. The number of H-pyrrole nitrogens is 1. The summed E-state index contributed by atoms with van der Waals surface area (Å²) in [4.78, 5) is 8.10. The van der Waals surface area contributed by atoms with Crippen LogP contribution in [0, 0.1) is 11.3 Å². The fourth-order valence-corrected chi connectivity index (χ4v) is 2.86. The largest absolute Gasteiger partial charge is 0.504 e. The molecular weight excluding hydrogens is 310 g/mol. The van der Waals surface area contributed by atoms with Crippen LogP contribution in [0.15, 0.2) is 52.5 Å². The number of methoxy groups -OCH3 is 1. The molecule has 0 saturated heterocycles. The van der Waals surface area contributed by atoms with Gasteiger partial charge in [-0.1, -0.05) is 18.2 Å². The number of ether oxygens (including phenoxy) is 1. The number of benzene rings is 2. The highest BCUT2D eigenvalue weighted by Crippen LogP contribution is 2.30. The van der Waals surface area contributed by atoms with Crippen molar-refractivity contribution in [2.24, 2.45) is 0 Å². The van der Waals surface area contributed by atoms with E-state index in [1.807, 2.05) is 24.3 Å². The van der Waals surface area contributed by atoms with E-state index < -0.39 is 0 Å². The second-order valence-electron chi connectivity index (χ2n) is 4.71. The molecule has 1 aromatic heterocycles. The van der Waals surface area contributed by atoms with Crippen LogP contribution in [0.3, 0.4) is 0 Å². The zero-order valence-electron chi connectivity index (χ0n) is 12.3. The van der Waals surface area contributed by atoms with Gasteiger partial charge in [0.25, 0.3) is 0 Å². The van der Waals surface area contributed by atoms with Crippen LogP contribution in [0.5, 0.6) is 11.5 Å². The molecule has 3 aromatic rings. The van der Waals surface area contributed by atoms with Gasteiger partial charge in [0.15, 0.2) is 16.7 Å². The van der Waals surface area contributed by atoms with Crippen LogP contribution in [-0.4, -0.2) is 22.2 Å². The first-order chi connectivity index (χ1) is 11.2. The van der Waals surface area contributed by atoms with Gasteiger partial charge in [-0.2, -0.15) is 5.26 Å². The number of nitriles is 1. The Morgan fingerprint density at radius 1 is 1.35 bits per heavy atom. The van der Waals surface area contributed by atoms with E-state index in [2.05, 4.69) is 16.0 Å². The zero-order valence-corrected chi connectivity index (χ0v) is 13.1. The molecule has 2 N–H and O–H groups in total. The van der Waals surface area contributed by atoms with Gasteiger partial charge in [-0.05, 0) is 47.7 Å². The number of hydrogen-bond acceptors (Lipinski definition) is 5. The summed E-state index contributed by atoms with van der Waals surface area (Å²) in [6, 6.07) is 14.8. The van der Waals surface area contributed by atoms with Crippen molar-refractivity contribution in [2.75, 3.05) is 7.11 Å². The molecule has 2 aromatic carbocycles. The van der Waals surface area contributed by atoms with Gasteiger partial charge in [0.2, 0.25) is 0 Å². The normalized spacial score (nSPS) is 11.4. The molecule has 0 fully saturated rings. The lowest BCUT2D eigenvalue weighted by atomic mass is 10.2. The highest BCUT2D eigenvalue weighted by molar-refractivity contribution is 8.03. The molecule has 5 nitrogen and oxygen atoms in total. The van der Waals surface area contributed by atoms with E-state index in [4.69, 9.17) is 4.74 Å². The first-order valence-electron chi connectivity index (χ1n) is 6.81. The minimum absolute atomic E-state index is 0.0631. The molecule has 1 heterocycles. The molecular formula is C17H13N3O2S. The fourth-order valence-electron chi connectivity index (χ4n) is 2.10. The number of phenolic OH excluding ortho intramolecular Hbond substituents is 1. The van der Waals surface area contributed by atoms with Gasteiger partial charge in [0.05, 0.1) is 23.0 Å². The van der Waals surface area contributed by atoms with Gasteiger partial charge in [-0.15, -0.1) is 0 Å². The fraction of sp³-hybridized carbons (Fsp3) is 0.0588. The van der Waals surface area contributed by atoms with Crippen molar-refractivity contribution in [1.82, 2.24) is 9.97 Å². The van der Waals surface area contributed by atoms with Crippen molar-refractivity contribution in [2.45, 2.75) is 5.16 Å². The molecule has 0 amide bonds. The van der Waals surface area contributed by atoms with Gasteiger partial charge >= 0.3 is 0 Å². The number of thioether (sulfide) groups is 1. The van der Waals surface area contributed by atoms with Gasteiger partial charge in [0, 0.05) is 0 Å². The van der Waals surface area contributed by atoms with Crippen molar-refractivity contribution in [3.05, 3.63) is 52.9 Å². The minimum atomic E-state index is 0.0631. The number of fused-ring (bicyclic) bond motifs is 1. The topological polar surface area (TPSA) is 81.9 Å². The Kier molecular flexibility index (Phi) is 4.22. The number of para-hydroxylation sites is 2. The molecule has 114 valence electrons. The SMILES string of the molecule is COc1cc(/C=C(\C#N)Sc2nc3ccccc3[nH]2)ccc1O.